The molecule has 1 saturated carbocycles. The second-order valence-corrected chi connectivity index (χ2v) is 7.86. The molecule has 4 nitrogen and oxygen atoms in total. The van der Waals surface area contributed by atoms with Gasteiger partial charge in [-0.2, -0.15) is 0 Å². The van der Waals surface area contributed by atoms with E-state index >= 15 is 0 Å². The van der Waals surface area contributed by atoms with Crippen LogP contribution in [0.25, 0.3) is 0 Å². The average molecular weight is 401 g/mol. The number of carbonyl (C=O) groups excluding carboxylic acids is 1. The number of amides is 1. The lowest BCUT2D eigenvalue weighted by Crippen LogP contribution is -2.42. The molecule has 0 saturated heterocycles. The Morgan fingerprint density at radius 1 is 1.21 bits per heavy atom. The quantitative estimate of drug-likeness (QED) is 0.698. The zero-order valence-corrected chi connectivity index (χ0v) is 16.2. The molecular weight excluding hydrogens is 379 g/mol. The number of rotatable bonds is 6. The normalized spacial score (nSPS) is 18.9. The Morgan fingerprint density at radius 2 is 2.04 bits per heavy atom. The predicted molar refractivity (Wildman–Crippen MR) is 107 cm³/mol. The van der Waals surface area contributed by atoms with Gasteiger partial charge in [0.25, 0.3) is 0 Å². The van der Waals surface area contributed by atoms with Crippen LogP contribution in [0.2, 0.25) is 5.02 Å². The van der Waals surface area contributed by atoms with Gasteiger partial charge in [-0.3, -0.25) is 4.79 Å². The Morgan fingerprint density at radius 3 is 2.75 bits per heavy atom. The molecule has 4 rings (SSSR count). The Balaban J connectivity index is 1.45. The molecule has 146 valence electrons. The smallest absolute Gasteiger partial charge is 0.226 e. The van der Waals surface area contributed by atoms with Gasteiger partial charge in [0.05, 0.1) is 12.3 Å². The predicted octanol–water partition coefficient (Wildman–Crippen LogP) is 4.80. The summed E-state index contributed by atoms with van der Waals surface area (Å²) in [6.07, 6.45) is 3.17. The Labute approximate surface area is 168 Å². The van der Waals surface area contributed by atoms with Crippen molar-refractivity contribution in [1.82, 2.24) is 4.90 Å². The average Bonchev–Trinajstić information content (AvgIpc) is 3.08. The van der Waals surface area contributed by atoms with Crippen LogP contribution in [0.4, 0.5) is 4.39 Å². The molecule has 1 atom stereocenters. The zero-order valence-electron chi connectivity index (χ0n) is 15.5. The summed E-state index contributed by atoms with van der Waals surface area (Å²) in [5.41, 5.74) is 2.02. The highest BCUT2D eigenvalue weighted by atomic mass is 35.5. The number of hydrogen-bond donors (Lipinski definition) is 0. The summed E-state index contributed by atoms with van der Waals surface area (Å²) in [6, 6.07) is 14.1. The molecule has 0 spiro atoms. The van der Waals surface area contributed by atoms with Gasteiger partial charge in [-0.1, -0.05) is 53.5 Å². The minimum Gasteiger partial charge on any atom is -0.390 e. The van der Waals surface area contributed by atoms with Gasteiger partial charge in [0.1, 0.15) is 5.82 Å². The van der Waals surface area contributed by atoms with Crippen molar-refractivity contribution in [2.45, 2.75) is 38.3 Å². The van der Waals surface area contributed by atoms with Gasteiger partial charge in [-0.05, 0) is 36.6 Å². The molecule has 0 N–H and O–H groups in total. The molecule has 0 aromatic heterocycles. The SMILES string of the molecule is O=C(C1CCC1)N(Cc1cccc(Cl)c1)C[C@H]1CC(c2ccccc2F)=NO1. The molecular formula is C22H22ClFN2O2. The fraction of sp³-hybridized carbons (Fsp3) is 0.364. The maximum absolute atomic E-state index is 14.0. The van der Waals surface area contributed by atoms with Crippen molar-refractivity contribution in [1.29, 1.82) is 0 Å². The van der Waals surface area contributed by atoms with Gasteiger partial charge in [-0.25, -0.2) is 4.39 Å². The first-order valence-corrected chi connectivity index (χ1v) is 9.99. The molecule has 1 heterocycles. The van der Waals surface area contributed by atoms with E-state index in [4.69, 9.17) is 16.4 Å². The number of halogens is 2. The van der Waals surface area contributed by atoms with Crippen LogP contribution in [0.5, 0.6) is 0 Å². The van der Waals surface area contributed by atoms with Crippen LogP contribution in [-0.2, 0) is 16.2 Å². The van der Waals surface area contributed by atoms with E-state index in [1.54, 1.807) is 18.2 Å². The van der Waals surface area contributed by atoms with E-state index in [2.05, 4.69) is 5.16 Å². The number of oxime groups is 1. The molecule has 0 radical (unpaired) electrons. The van der Waals surface area contributed by atoms with E-state index in [1.807, 2.05) is 29.2 Å². The zero-order chi connectivity index (χ0) is 19.5. The van der Waals surface area contributed by atoms with Crippen LogP contribution in [0.15, 0.2) is 53.7 Å². The van der Waals surface area contributed by atoms with Crippen molar-refractivity contribution < 1.29 is 14.0 Å². The van der Waals surface area contributed by atoms with Crippen LogP contribution in [0, 0.1) is 11.7 Å². The second kappa shape index (κ2) is 8.31. The Hall–Kier alpha value is -2.40. The third-order valence-corrected chi connectivity index (χ3v) is 5.61. The molecule has 2 aromatic rings. The molecule has 0 unspecified atom stereocenters. The topological polar surface area (TPSA) is 41.9 Å². The monoisotopic (exact) mass is 400 g/mol. The highest BCUT2D eigenvalue weighted by Gasteiger charge is 2.33. The summed E-state index contributed by atoms with van der Waals surface area (Å²) in [6.45, 7) is 0.897. The lowest BCUT2D eigenvalue weighted by Gasteiger charge is -2.32. The number of carbonyl (C=O) groups is 1. The Bertz CT molecular complexity index is 898. The van der Waals surface area contributed by atoms with Crippen molar-refractivity contribution in [2.24, 2.45) is 11.1 Å². The standard InChI is InChI=1S/C22H22ClFN2O2/c23-17-8-3-5-15(11-17)13-26(22(27)16-6-4-7-16)14-18-12-21(25-28-18)19-9-1-2-10-20(19)24/h1-3,5,8-11,16,18H,4,6-7,12-14H2/t18-/m1/s1. The third kappa shape index (κ3) is 4.20. The summed E-state index contributed by atoms with van der Waals surface area (Å²) in [5, 5.41) is 4.73. The maximum atomic E-state index is 14.0. The molecule has 1 fully saturated rings. The van der Waals surface area contributed by atoms with Crippen molar-refractivity contribution in [3.63, 3.8) is 0 Å². The summed E-state index contributed by atoms with van der Waals surface area (Å²) < 4.78 is 14.0. The molecule has 1 aliphatic carbocycles. The largest absolute Gasteiger partial charge is 0.390 e. The lowest BCUT2D eigenvalue weighted by atomic mass is 9.84. The van der Waals surface area contributed by atoms with E-state index in [0.717, 1.165) is 24.8 Å². The molecule has 2 aromatic carbocycles. The number of nitrogens with zero attached hydrogens (tertiary/aromatic N) is 2. The van der Waals surface area contributed by atoms with E-state index in [0.29, 0.717) is 35.8 Å². The first kappa shape index (κ1) is 18.9. The van der Waals surface area contributed by atoms with Gasteiger partial charge in [-0.15, -0.1) is 0 Å². The minimum absolute atomic E-state index is 0.0903. The van der Waals surface area contributed by atoms with Crippen LogP contribution in [-0.4, -0.2) is 29.2 Å². The van der Waals surface area contributed by atoms with Crippen LogP contribution >= 0.6 is 11.6 Å². The van der Waals surface area contributed by atoms with Crippen LogP contribution < -0.4 is 0 Å². The van der Waals surface area contributed by atoms with Gasteiger partial charge in [0.15, 0.2) is 6.10 Å². The van der Waals surface area contributed by atoms with Crippen molar-refractivity contribution in [3.05, 3.63) is 70.5 Å². The van der Waals surface area contributed by atoms with Gasteiger partial charge in [0.2, 0.25) is 5.91 Å². The molecule has 28 heavy (non-hydrogen) atoms. The van der Waals surface area contributed by atoms with Gasteiger partial charge < -0.3 is 9.74 Å². The van der Waals surface area contributed by atoms with Crippen LogP contribution in [0.3, 0.4) is 0 Å². The van der Waals surface area contributed by atoms with Crippen molar-refractivity contribution in [2.75, 3.05) is 6.54 Å². The van der Waals surface area contributed by atoms with E-state index < -0.39 is 0 Å². The number of benzene rings is 2. The molecule has 6 heteroatoms. The second-order valence-electron chi connectivity index (χ2n) is 7.43. The van der Waals surface area contributed by atoms with Crippen molar-refractivity contribution in [3.8, 4) is 0 Å². The summed E-state index contributed by atoms with van der Waals surface area (Å²) >= 11 is 6.10. The molecule has 1 amide bonds. The summed E-state index contributed by atoms with van der Waals surface area (Å²) in [4.78, 5) is 20.3. The highest BCUT2D eigenvalue weighted by molar-refractivity contribution is 6.30. The summed E-state index contributed by atoms with van der Waals surface area (Å²) in [5.74, 6) is -0.0754. The molecule has 2 aliphatic rings. The third-order valence-electron chi connectivity index (χ3n) is 5.37. The number of hydrogen-bond acceptors (Lipinski definition) is 3. The molecule has 1 aliphatic heterocycles. The van der Waals surface area contributed by atoms with E-state index in [9.17, 15) is 9.18 Å². The van der Waals surface area contributed by atoms with E-state index in [1.165, 1.54) is 6.07 Å². The van der Waals surface area contributed by atoms with Crippen LogP contribution in [0.1, 0.15) is 36.8 Å². The minimum atomic E-state index is -0.313. The fourth-order valence-electron chi connectivity index (χ4n) is 3.63. The highest BCUT2D eigenvalue weighted by Crippen LogP contribution is 2.30. The van der Waals surface area contributed by atoms with Crippen molar-refractivity contribution >= 4 is 23.2 Å². The maximum Gasteiger partial charge on any atom is 0.226 e. The fourth-order valence-corrected chi connectivity index (χ4v) is 3.84. The molecule has 0 bridgehead atoms. The van der Waals surface area contributed by atoms with Gasteiger partial charge in [0, 0.05) is 29.5 Å². The Kier molecular flexibility index (Phi) is 5.62. The first-order valence-electron chi connectivity index (χ1n) is 9.61. The van der Waals surface area contributed by atoms with E-state index in [-0.39, 0.29) is 23.7 Å². The summed E-state index contributed by atoms with van der Waals surface area (Å²) in [7, 11) is 0. The first-order chi connectivity index (χ1) is 13.6. The lowest BCUT2D eigenvalue weighted by molar-refractivity contribution is -0.140. The van der Waals surface area contributed by atoms with Gasteiger partial charge >= 0.3 is 0 Å².